The van der Waals surface area contributed by atoms with Crippen molar-refractivity contribution < 1.29 is 13.6 Å². The lowest BCUT2D eigenvalue weighted by atomic mass is 9.88. The van der Waals surface area contributed by atoms with Gasteiger partial charge >= 0.3 is 6.43 Å². The van der Waals surface area contributed by atoms with Gasteiger partial charge in [-0.05, 0) is 12.3 Å². The van der Waals surface area contributed by atoms with Crippen LogP contribution in [0.3, 0.4) is 0 Å². The average Bonchev–Trinajstić information content (AvgIpc) is 2.06. The third-order valence-electron chi connectivity index (χ3n) is 1.86. The standard InChI is InChI=1S/C8H15F2NO.C2H6/c1-5(8(2,3)4)11-7(12)6(9)10;1-2/h5-6H,1-4H3,(H,11,12);1-2H3. The van der Waals surface area contributed by atoms with Crippen molar-refractivity contribution in [3.8, 4) is 0 Å². The summed E-state index contributed by atoms with van der Waals surface area (Å²) in [5.41, 5.74) is -0.190. The Morgan fingerprint density at radius 2 is 1.57 bits per heavy atom. The highest BCUT2D eigenvalue weighted by atomic mass is 19.3. The van der Waals surface area contributed by atoms with Gasteiger partial charge in [-0.15, -0.1) is 0 Å². The number of carbonyl (C=O) groups is 1. The van der Waals surface area contributed by atoms with Gasteiger partial charge in [0.05, 0.1) is 0 Å². The third-order valence-corrected chi connectivity index (χ3v) is 1.86. The summed E-state index contributed by atoms with van der Waals surface area (Å²) in [5, 5.41) is 2.23. The molecule has 0 bridgehead atoms. The van der Waals surface area contributed by atoms with Crippen molar-refractivity contribution in [2.24, 2.45) is 5.41 Å². The Morgan fingerprint density at radius 1 is 1.21 bits per heavy atom. The Hall–Kier alpha value is -0.670. The molecule has 4 heteroatoms. The number of carbonyl (C=O) groups excluding carboxylic acids is 1. The summed E-state index contributed by atoms with van der Waals surface area (Å²) in [6.45, 7) is 11.3. The van der Waals surface area contributed by atoms with Gasteiger partial charge in [0.25, 0.3) is 5.91 Å². The van der Waals surface area contributed by atoms with Gasteiger partial charge in [-0.25, -0.2) is 0 Å². The first-order valence-electron chi connectivity index (χ1n) is 4.83. The van der Waals surface area contributed by atoms with Crippen LogP contribution in [0.15, 0.2) is 0 Å². The van der Waals surface area contributed by atoms with E-state index in [0.29, 0.717) is 0 Å². The Morgan fingerprint density at radius 3 is 1.79 bits per heavy atom. The number of hydrogen-bond acceptors (Lipinski definition) is 1. The van der Waals surface area contributed by atoms with Gasteiger partial charge in [0, 0.05) is 6.04 Å². The molecule has 1 amide bonds. The number of rotatable bonds is 2. The van der Waals surface area contributed by atoms with E-state index < -0.39 is 12.3 Å². The fourth-order valence-electron chi connectivity index (χ4n) is 0.493. The molecule has 0 aromatic carbocycles. The monoisotopic (exact) mass is 209 g/mol. The van der Waals surface area contributed by atoms with Crippen LogP contribution in [0.5, 0.6) is 0 Å². The van der Waals surface area contributed by atoms with Gasteiger partial charge in [-0.2, -0.15) is 8.78 Å². The molecule has 2 nitrogen and oxygen atoms in total. The zero-order chi connectivity index (χ0) is 11.9. The molecule has 14 heavy (non-hydrogen) atoms. The predicted molar refractivity (Wildman–Crippen MR) is 54.4 cm³/mol. The van der Waals surface area contributed by atoms with Crippen LogP contribution < -0.4 is 5.32 Å². The van der Waals surface area contributed by atoms with Gasteiger partial charge in [0.1, 0.15) is 0 Å². The van der Waals surface area contributed by atoms with Gasteiger partial charge in [-0.3, -0.25) is 4.79 Å². The number of halogens is 2. The van der Waals surface area contributed by atoms with Crippen LogP contribution in [0, 0.1) is 5.41 Å². The second-order valence-electron chi connectivity index (χ2n) is 3.90. The molecule has 0 aliphatic heterocycles. The molecule has 1 N–H and O–H groups in total. The normalized spacial score (nSPS) is 12.9. The molecule has 0 spiro atoms. The highest BCUT2D eigenvalue weighted by Crippen LogP contribution is 2.18. The minimum atomic E-state index is -2.92. The third kappa shape index (κ3) is 6.80. The number of amides is 1. The summed E-state index contributed by atoms with van der Waals surface area (Å²) in [5.74, 6) is -1.20. The lowest BCUT2D eigenvalue weighted by molar-refractivity contribution is -0.133. The van der Waals surface area contributed by atoms with E-state index in [2.05, 4.69) is 5.32 Å². The Bertz CT molecular complexity index is 164. The van der Waals surface area contributed by atoms with Crippen molar-refractivity contribution in [3.63, 3.8) is 0 Å². The lowest BCUT2D eigenvalue weighted by Crippen LogP contribution is -2.43. The summed E-state index contributed by atoms with van der Waals surface area (Å²) in [4.78, 5) is 10.5. The van der Waals surface area contributed by atoms with E-state index in [4.69, 9.17) is 0 Å². The van der Waals surface area contributed by atoms with E-state index in [-0.39, 0.29) is 11.5 Å². The molecule has 0 rings (SSSR count). The molecule has 0 aliphatic carbocycles. The van der Waals surface area contributed by atoms with Crippen molar-refractivity contribution in [3.05, 3.63) is 0 Å². The van der Waals surface area contributed by atoms with E-state index in [1.54, 1.807) is 6.92 Å². The van der Waals surface area contributed by atoms with Crippen molar-refractivity contribution >= 4 is 5.91 Å². The van der Waals surface area contributed by atoms with Gasteiger partial charge < -0.3 is 5.32 Å². The van der Waals surface area contributed by atoms with E-state index in [0.717, 1.165) is 0 Å². The molecule has 0 saturated heterocycles. The Kier molecular flexibility index (Phi) is 7.59. The van der Waals surface area contributed by atoms with Crippen molar-refractivity contribution in [2.75, 3.05) is 0 Å². The predicted octanol–water partition coefficient (Wildman–Crippen LogP) is 2.83. The van der Waals surface area contributed by atoms with Crippen molar-refractivity contribution in [1.82, 2.24) is 5.32 Å². The quantitative estimate of drug-likeness (QED) is 0.744. The number of hydrogen-bond donors (Lipinski definition) is 1. The maximum absolute atomic E-state index is 11.8. The molecule has 0 fully saturated rings. The molecular weight excluding hydrogens is 188 g/mol. The number of nitrogens with one attached hydrogen (secondary N) is 1. The summed E-state index contributed by atoms with van der Waals surface area (Å²) in [6, 6.07) is -0.251. The summed E-state index contributed by atoms with van der Waals surface area (Å²) < 4.78 is 23.5. The highest BCUT2D eigenvalue weighted by molar-refractivity contribution is 5.79. The Balaban J connectivity index is 0. The van der Waals surface area contributed by atoms with E-state index in [1.165, 1.54) is 0 Å². The number of alkyl halides is 2. The largest absolute Gasteiger partial charge is 0.348 e. The van der Waals surface area contributed by atoms with Crippen LogP contribution in [0.1, 0.15) is 41.5 Å². The van der Waals surface area contributed by atoms with Gasteiger partial charge in [0.15, 0.2) is 0 Å². The van der Waals surface area contributed by atoms with Crippen molar-refractivity contribution in [1.29, 1.82) is 0 Å². The molecule has 0 aliphatic rings. The van der Waals surface area contributed by atoms with E-state index in [1.807, 2.05) is 34.6 Å². The molecule has 0 saturated carbocycles. The smallest absolute Gasteiger partial charge is 0.315 e. The molecular formula is C10H21F2NO. The Labute approximate surface area is 85.1 Å². The lowest BCUT2D eigenvalue weighted by Gasteiger charge is -2.27. The topological polar surface area (TPSA) is 29.1 Å². The minimum Gasteiger partial charge on any atom is -0.348 e. The van der Waals surface area contributed by atoms with Crippen LogP contribution in [-0.4, -0.2) is 18.4 Å². The van der Waals surface area contributed by atoms with Crippen LogP contribution in [-0.2, 0) is 4.79 Å². The molecule has 0 aromatic heterocycles. The van der Waals surface area contributed by atoms with Crippen LogP contribution in [0.2, 0.25) is 0 Å². The molecule has 86 valence electrons. The molecule has 0 radical (unpaired) electrons. The minimum absolute atomic E-state index is 0.190. The summed E-state index contributed by atoms with van der Waals surface area (Å²) in [6.07, 6.45) is -2.92. The molecule has 0 aromatic rings. The summed E-state index contributed by atoms with van der Waals surface area (Å²) in [7, 11) is 0. The zero-order valence-electron chi connectivity index (χ0n) is 9.82. The first kappa shape index (κ1) is 15.8. The second-order valence-corrected chi connectivity index (χ2v) is 3.90. The van der Waals surface area contributed by atoms with Gasteiger partial charge in [-0.1, -0.05) is 34.6 Å². The first-order valence-corrected chi connectivity index (χ1v) is 4.83. The van der Waals surface area contributed by atoms with E-state index in [9.17, 15) is 13.6 Å². The van der Waals surface area contributed by atoms with Gasteiger partial charge in [0.2, 0.25) is 0 Å². The zero-order valence-corrected chi connectivity index (χ0v) is 9.82. The second kappa shape index (κ2) is 6.74. The summed E-state index contributed by atoms with van der Waals surface area (Å²) >= 11 is 0. The fraction of sp³-hybridized carbons (Fsp3) is 0.900. The van der Waals surface area contributed by atoms with Crippen molar-refractivity contribution in [2.45, 2.75) is 54.0 Å². The molecule has 1 unspecified atom stereocenters. The fourth-order valence-corrected chi connectivity index (χ4v) is 0.493. The SMILES string of the molecule is CC.CC(NC(=O)C(F)F)C(C)(C)C. The van der Waals surface area contributed by atoms with E-state index >= 15 is 0 Å². The molecule has 1 atom stereocenters. The molecule has 0 heterocycles. The maximum atomic E-state index is 11.8. The highest BCUT2D eigenvalue weighted by Gasteiger charge is 2.24. The average molecular weight is 209 g/mol. The maximum Gasteiger partial charge on any atom is 0.315 e. The van der Waals surface area contributed by atoms with Crippen LogP contribution in [0.25, 0.3) is 0 Å². The first-order chi connectivity index (χ1) is 6.25. The van der Waals surface area contributed by atoms with Crippen LogP contribution >= 0.6 is 0 Å². The van der Waals surface area contributed by atoms with Crippen LogP contribution in [0.4, 0.5) is 8.78 Å².